The summed E-state index contributed by atoms with van der Waals surface area (Å²) in [6, 6.07) is 3.33. The summed E-state index contributed by atoms with van der Waals surface area (Å²) in [6.07, 6.45) is 0.0522. The number of thiophene rings is 1. The van der Waals surface area contributed by atoms with Crippen LogP contribution in [0.5, 0.6) is 0 Å². The fourth-order valence-corrected chi connectivity index (χ4v) is 3.84. The molecule has 1 aromatic rings. The van der Waals surface area contributed by atoms with Crippen LogP contribution in [0.3, 0.4) is 0 Å². The number of nitrogens with zero attached hydrogens (tertiary/aromatic N) is 1. The Balaban J connectivity index is 2.74. The van der Waals surface area contributed by atoms with Gasteiger partial charge in [0.15, 0.2) is 0 Å². The minimum Gasteiger partial charge on any atom is -0.469 e. The molecule has 0 bridgehead atoms. The molecule has 0 aliphatic rings. The van der Waals surface area contributed by atoms with Crippen LogP contribution in [0.1, 0.15) is 11.3 Å². The zero-order valence-corrected chi connectivity index (χ0v) is 11.6. The molecule has 1 aromatic heterocycles. The van der Waals surface area contributed by atoms with Gasteiger partial charge < -0.3 is 4.74 Å². The number of ether oxygens (including phenoxy) is 1. The van der Waals surface area contributed by atoms with Gasteiger partial charge in [0.25, 0.3) is 10.0 Å². The second-order valence-corrected chi connectivity index (χ2v) is 7.08. The number of hydrogen-bond donors (Lipinski definition) is 0. The SMILES string of the molecule is COC(=O)CCN(C)S(=O)(=O)c1ccc(C)s1. The molecule has 0 saturated heterocycles. The molecule has 0 N–H and O–H groups in total. The fraction of sp³-hybridized carbons (Fsp3) is 0.500. The number of carbonyl (C=O) groups excluding carboxylic acids is 1. The fourth-order valence-electron chi connectivity index (χ4n) is 1.18. The van der Waals surface area contributed by atoms with Crippen LogP contribution in [0.4, 0.5) is 0 Å². The Labute approximate surface area is 105 Å². The van der Waals surface area contributed by atoms with Gasteiger partial charge >= 0.3 is 5.97 Å². The molecule has 7 heteroatoms. The van der Waals surface area contributed by atoms with Gasteiger partial charge in [-0.05, 0) is 19.1 Å². The van der Waals surface area contributed by atoms with Crippen LogP contribution in [0.2, 0.25) is 0 Å². The van der Waals surface area contributed by atoms with Gasteiger partial charge in [0, 0.05) is 18.5 Å². The first-order valence-corrected chi connectivity index (χ1v) is 7.23. The molecule has 0 aliphatic carbocycles. The van der Waals surface area contributed by atoms with Gasteiger partial charge in [-0.2, -0.15) is 4.31 Å². The molecular weight excluding hydrogens is 262 g/mol. The minimum absolute atomic E-state index is 0.0522. The molecule has 0 atom stereocenters. The van der Waals surface area contributed by atoms with E-state index in [0.717, 1.165) is 9.18 Å². The van der Waals surface area contributed by atoms with E-state index in [2.05, 4.69) is 4.74 Å². The number of rotatable bonds is 5. The van der Waals surface area contributed by atoms with Crippen molar-refractivity contribution in [1.82, 2.24) is 4.31 Å². The van der Waals surface area contributed by atoms with E-state index in [0.29, 0.717) is 4.21 Å². The second kappa shape index (κ2) is 5.61. The Morgan fingerprint density at radius 1 is 1.47 bits per heavy atom. The zero-order valence-electron chi connectivity index (χ0n) is 9.97. The van der Waals surface area contributed by atoms with Crippen LogP contribution in [0, 0.1) is 6.92 Å². The molecule has 0 spiro atoms. The molecule has 1 rings (SSSR count). The molecule has 0 fully saturated rings. The number of carbonyl (C=O) groups is 1. The second-order valence-electron chi connectivity index (χ2n) is 3.52. The lowest BCUT2D eigenvalue weighted by atomic mass is 10.4. The number of hydrogen-bond acceptors (Lipinski definition) is 5. The first-order chi connectivity index (χ1) is 7.87. The van der Waals surface area contributed by atoms with Crippen LogP contribution in [0.25, 0.3) is 0 Å². The van der Waals surface area contributed by atoms with E-state index in [1.807, 2.05) is 6.92 Å². The third-order valence-corrected chi connectivity index (χ3v) is 5.56. The first kappa shape index (κ1) is 14.1. The molecule has 0 unspecified atom stereocenters. The Bertz CT molecular complexity index is 492. The highest BCUT2D eigenvalue weighted by atomic mass is 32.2. The maximum absolute atomic E-state index is 12.0. The standard InChI is InChI=1S/C10H15NO4S2/c1-8-4-5-10(16-8)17(13,14)11(2)7-6-9(12)15-3/h4-5H,6-7H2,1-3H3. The van der Waals surface area contributed by atoms with Gasteiger partial charge in [-0.25, -0.2) is 8.42 Å². The van der Waals surface area contributed by atoms with Gasteiger partial charge in [0.2, 0.25) is 0 Å². The Hall–Kier alpha value is -0.920. The highest BCUT2D eigenvalue weighted by molar-refractivity contribution is 7.91. The Kier molecular flexibility index (Phi) is 4.67. The van der Waals surface area contributed by atoms with Gasteiger partial charge in [-0.3, -0.25) is 4.79 Å². The largest absolute Gasteiger partial charge is 0.469 e. The number of aryl methyl sites for hydroxylation is 1. The summed E-state index contributed by atoms with van der Waals surface area (Å²) < 4.78 is 30.0. The van der Waals surface area contributed by atoms with E-state index in [-0.39, 0.29) is 13.0 Å². The van der Waals surface area contributed by atoms with Crippen molar-refractivity contribution in [3.63, 3.8) is 0 Å². The van der Waals surface area contributed by atoms with E-state index < -0.39 is 16.0 Å². The van der Waals surface area contributed by atoms with Crippen molar-refractivity contribution >= 4 is 27.3 Å². The maximum Gasteiger partial charge on any atom is 0.306 e. The van der Waals surface area contributed by atoms with Crippen LogP contribution in [-0.2, 0) is 19.6 Å². The normalized spacial score (nSPS) is 11.8. The molecule has 0 aromatic carbocycles. The number of methoxy groups -OCH3 is 1. The number of esters is 1. The van der Waals surface area contributed by atoms with E-state index in [9.17, 15) is 13.2 Å². The van der Waals surface area contributed by atoms with Crippen molar-refractivity contribution < 1.29 is 17.9 Å². The lowest BCUT2D eigenvalue weighted by Crippen LogP contribution is -2.28. The summed E-state index contributed by atoms with van der Waals surface area (Å²) in [5.41, 5.74) is 0. The highest BCUT2D eigenvalue weighted by Gasteiger charge is 2.22. The van der Waals surface area contributed by atoms with Gasteiger partial charge in [0.1, 0.15) is 4.21 Å². The van der Waals surface area contributed by atoms with E-state index in [1.54, 1.807) is 12.1 Å². The average molecular weight is 277 g/mol. The van der Waals surface area contributed by atoms with Gasteiger partial charge in [-0.15, -0.1) is 11.3 Å². The van der Waals surface area contributed by atoms with Gasteiger partial charge in [0.05, 0.1) is 13.5 Å². The summed E-state index contributed by atoms with van der Waals surface area (Å²) in [4.78, 5) is 11.9. The van der Waals surface area contributed by atoms with Crippen molar-refractivity contribution in [2.75, 3.05) is 20.7 Å². The molecule has 0 saturated carbocycles. The molecule has 5 nitrogen and oxygen atoms in total. The van der Waals surface area contributed by atoms with E-state index in [4.69, 9.17) is 0 Å². The third-order valence-electron chi connectivity index (χ3n) is 2.24. The van der Waals surface area contributed by atoms with E-state index in [1.165, 1.54) is 25.5 Å². The monoisotopic (exact) mass is 277 g/mol. The Morgan fingerprint density at radius 3 is 2.59 bits per heavy atom. The average Bonchev–Trinajstić information content (AvgIpc) is 2.72. The van der Waals surface area contributed by atoms with Gasteiger partial charge in [-0.1, -0.05) is 0 Å². The first-order valence-electron chi connectivity index (χ1n) is 4.97. The third kappa shape index (κ3) is 3.52. The van der Waals surface area contributed by atoms with E-state index >= 15 is 0 Å². The molecule has 17 heavy (non-hydrogen) atoms. The predicted molar refractivity (Wildman–Crippen MR) is 65.5 cm³/mol. The van der Waals surface area contributed by atoms with Crippen molar-refractivity contribution in [3.05, 3.63) is 17.0 Å². The molecule has 0 radical (unpaired) electrons. The smallest absolute Gasteiger partial charge is 0.306 e. The lowest BCUT2D eigenvalue weighted by molar-refractivity contribution is -0.140. The summed E-state index contributed by atoms with van der Waals surface area (Å²) in [5.74, 6) is -0.422. The minimum atomic E-state index is -3.48. The zero-order chi connectivity index (χ0) is 13.1. The van der Waals surface area contributed by atoms with Crippen molar-refractivity contribution in [3.8, 4) is 0 Å². The summed E-state index contributed by atoms with van der Waals surface area (Å²) in [7, 11) is -0.749. The van der Waals surface area contributed by atoms with Crippen LogP contribution in [0.15, 0.2) is 16.3 Å². The molecule has 0 amide bonds. The maximum atomic E-state index is 12.0. The lowest BCUT2D eigenvalue weighted by Gasteiger charge is -2.14. The summed E-state index contributed by atoms with van der Waals surface area (Å²) in [5, 5.41) is 0. The predicted octanol–water partition coefficient (Wildman–Crippen LogP) is 1.24. The van der Waals surface area contributed by atoms with Crippen molar-refractivity contribution in [1.29, 1.82) is 0 Å². The van der Waals surface area contributed by atoms with Crippen molar-refractivity contribution in [2.45, 2.75) is 17.6 Å². The van der Waals surface area contributed by atoms with Crippen LogP contribution >= 0.6 is 11.3 Å². The highest BCUT2D eigenvalue weighted by Crippen LogP contribution is 2.23. The topological polar surface area (TPSA) is 63.7 Å². The Morgan fingerprint density at radius 2 is 2.12 bits per heavy atom. The summed E-state index contributed by atoms with van der Waals surface area (Å²) in [6.45, 7) is 1.96. The van der Waals surface area contributed by atoms with Crippen molar-refractivity contribution in [2.24, 2.45) is 0 Å². The van der Waals surface area contributed by atoms with Crippen LogP contribution < -0.4 is 0 Å². The quantitative estimate of drug-likeness (QED) is 0.760. The number of sulfonamides is 1. The molecule has 1 heterocycles. The van der Waals surface area contributed by atoms with Crippen LogP contribution in [-0.4, -0.2) is 39.4 Å². The molecular formula is C10H15NO4S2. The molecule has 96 valence electrons. The summed E-state index contributed by atoms with van der Waals surface area (Å²) >= 11 is 1.22. The molecule has 0 aliphatic heterocycles.